The van der Waals surface area contributed by atoms with Crippen LogP contribution in [-0.2, 0) is 14.4 Å². The van der Waals surface area contributed by atoms with Gasteiger partial charge in [0.2, 0.25) is 5.91 Å². The first kappa shape index (κ1) is 23.7. The van der Waals surface area contributed by atoms with Crippen LogP contribution >= 0.6 is 0 Å². The Morgan fingerprint density at radius 3 is 2.22 bits per heavy atom. The van der Waals surface area contributed by atoms with Gasteiger partial charge in [0, 0.05) is 0 Å². The van der Waals surface area contributed by atoms with E-state index in [2.05, 4.69) is 0 Å². The summed E-state index contributed by atoms with van der Waals surface area (Å²) in [7, 11) is 3.13. The van der Waals surface area contributed by atoms with Gasteiger partial charge in [0.25, 0.3) is 5.91 Å². The Hall–Kier alpha value is -4.04. The van der Waals surface area contributed by atoms with Crippen LogP contribution in [0.1, 0.15) is 24.9 Å². The molecule has 0 spiro atoms. The Bertz CT molecular complexity index is 1250. The summed E-state index contributed by atoms with van der Waals surface area (Å²) in [5.74, 6) is 0.342. The molecule has 5 rings (SSSR count). The number of carbonyl (C=O) groups excluding carboxylic acids is 2. The fourth-order valence-electron chi connectivity index (χ4n) is 4.75. The van der Waals surface area contributed by atoms with Crippen molar-refractivity contribution in [2.75, 3.05) is 30.8 Å². The predicted molar refractivity (Wildman–Crippen MR) is 134 cm³/mol. The van der Waals surface area contributed by atoms with Crippen LogP contribution in [0.5, 0.6) is 17.2 Å². The second-order valence-electron chi connectivity index (χ2n) is 8.63. The molecule has 3 aromatic rings. The lowest BCUT2D eigenvalue weighted by molar-refractivity contribution is -0.126. The van der Waals surface area contributed by atoms with Gasteiger partial charge in [-0.1, -0.05) is 31.2 Å². The van der Waals surface area contributed by atoms with Crippen LogP contribution in [0.2, 0.25) is 0 Å². The van der Waals surface area contributed by atoms with Gasteiger partial charge in [0.1, 0.15) is 11.7 Å². The smallest absolute Gasteiger partial charge is 0.266 e. The van der Waals surface area contributed by atoms with Crippen LogP contribution in [0.15, 0.2) is 72.8 Å². The molecule has 186 valence electrons. The van der Waals surface area contributed by atoms with Crippen molar-refractivity contribution in [3.63, 3.8) is 0 Å². The Balaban J connectivity index is 1.52. The van der Waals surface area contributed by atoms with Crippen molar-refractivity contribution in [2.24, 2.45) is 5.92 Å². The molecule has 2 saturated heterocycles. The van der Waals surface area contributed by atoms with Crippen molar-refractivity contribution in [1.82, 2.24) is 0 Å². The summed E-state index contributed by atoms with van der Waals surface area (Å²) in [5, 5.41) is 1.66. The van der Waals surface area contributed by atoms with Gasteiger partial charge in [0.05, 0.1) is 38.2 Å². The minimum absolute atomic E-state index is 0.314. The average molecular weight is 489 g/mol. The van der Waals surface area contributed by atoms with Gasteiger partial charge in [0.15, 0.2) is 17.6 Å². The van der Waals surface area contributed by atoms with Crippen molar-refractivity contribution in [3.05, 3.63) is 78.4 Å². The summed E-state index contributed by atoms with van der Waals surface area (Å²) in [5.41, 5.74) is 2.01. The van der Waals surface area contributed by atoms with Crippen molar-refractivity contribution < 1.29 is 28.6 Å². The minimum atomic E-state index is -0.952. The quantitative estimate of drug-likeness (QED) is 0.431. The van der Waals surface area contributed by atoms with E-state index in [1.807, 2.05) is 49.4 Å². The first-order chi connectivity index (χ1) is 17.6. The molecule has 2 heterocycles. The molecule has 3 aromatic carbocycles. The molecule has 2 amide bonds. The molecule has 2 aliphatic heterocycles. The van der Waals surface area contributed by atoms with Crippen LogP contribution in [0, 0.1) is 5.92 Å². The Morgan fingerprint density at radius 2 is 1.56 bits per heavy atom. The third-order valence-electron chi connectivity index (χ3n) is 6.44. The molecule has 2 fully saturated rings. The SMILES string of the molecule is CCCOc1ccc(N2C(=O)[C@H]3[C@@H](ON(c4ccccc4)[C@H]3c3ccc(OC)c(OC)c3)C2=O)cc1. The van der Waals surface area contributed by atoms with Gasteiger partial charge in [-0.05, 0) is 60.5 Å². The number of hydrogen-bond donors (Lipinski definition) is 0. The molecular formula is C28H28N2O6. The molecule has 0 unspecified atom stereocenters. The molecule has 0 aliphatic carbocycles. The van der Waals surface area contributed by atoms with Crippen molar-refractivity contribution in [3.8, 4) is 17.2 Å². The first-order valence-corrected chi connectivity index (χ1v) is 11.9. The summed E-state index contributed by atoms with van der Waals surface area (Å²) in [6, 6.07) is 21.4. The highest BCUT2D eigenvalue weighted by Crippen LogP contribution is 2.48. The lowest BCUT2D eigenvalue weighted by Crippen LogP contribution is -2.37. The maximum absolute atomic E-state index is 13.8. The lowest BCUT2D eigenvalue weighted by atomic mass is 9.90. The highest BCUT2D eigenvalue weighted by atomic mass is 16.7. The summed E-state index contributed by atoms with van der Waals surface area (Å²) >= 11 is 0. The van der Waals surface area contributed by atoms with Gasteiger partial charge in [-0.2, -0.15) is 0 Å². The number of hydrogen-bond acceptors (Lipinski definition) is 7. The van der Waals surface area contributed by atoms with E-state index in [-0.39, 0.29) is 5.91 Å². The zero-order chi connectivity index (χ0) is 25.2. The number of ether oxygens (including phenoxy) is 3. The van der Waals surface area contributed by atoms with Gasteiger partial charge in [-0.3, -0.25) is 14.4 Å². The molecule has 0 bridgehead atoms. The molecule has 0 radical (unpaired) electrons. The Kier molecular flexibility index (Phi) is 6.52. The molecule has 2 aliphatic rings. The number of para-hydroxylation sites is 1. The molecular weight excluding hydrogens is 460 g/mol. The van der Waals surface area contributed by atoms with E-state index in [0.717, 1.165) is 17.7 Å². The van der Waals surface area contributed by atoms with E-state index >= 15 is 0 Å². The minimum Gasteiger partial charge on any atom is -0.494 e. The van der Waals surface area contributed by atoms with E-state index in [0.29, 0.717) is 29.5 Å². The molecule has 3 atom stereocenters. The molecule has 8 nitrogen and oxygen atoms in total. The van der Waals surface area contributed by atoms with Gasteiger partial charge in [-0.15, -0.1) is 0 Å². The predicted octanol–water partition coefficient (Wildman–Crippen LogP) is 4.54. The fourth-order valence-corrected chi connectivity index (χ4v) is 4.75. The summed E-state index contributed by atoms with van der Waals surface area (Å²) in [6.07, 6.45) is -0.0621. The number of carbonyl (C=O) groups is 2. The third kappa shape index (κ3) is 4.03. The number of anilines is 2. The fraction of sp³-hybridized carbons (Fsp3) is 0.286. The lowest BCUT2D eigenvalue weighted by Gasteiger charge is -2.29. The second kappa shape index (κ2) is 9.91. The zero-order valence-electron chi connectivity index (χ0n) is 20.4. The molecule has 0 aromatic heterocycles. The van der Waals surface area contributed by atoms with Gasteiger partial charge in [-0.25, -0.2) is 9.96 Å². The van der Waals surface area contributed by atoms with Crippen molar-refractivity contribution >= 4 is 23.2 Å². The average Bonchev–Trinajstić information content (AvgIpc) is 3.43. The van der Waals surface area contributed by atoms with Crippen molar-refractivity contribution in [2.45, 2.75) is 25.5 Å². The third-order valence-corrected chi connectivity index (χ3v) is 6.44. The van der Waals surface area contributed by atoms with Gasteiger partial charge < -0.3 is 14.2 Å². The normalized spacial score (nSPS) is 21.0. The summed E-state index contributed by atoms with van der Waals surface area (Å²) in [4.78, 5) is 34.7. The van der Waals surface area contributed by atoms with Gasteiger partial charge >= 0.3 is 0 Å². The number of benzene rings is 3. The van der Waals surface area contributed by atoms with Crippen LogP contribution in [0.25, 0.3) is 0 Å². The summed E-state index contributed by atoms with van der Waals surface area (Å²) < 4.78 is 16.5. The first-order valence-electron chi connectivity index (χ1n) is 11.9. The number of rotatable bonds is 8. The largest absolute Gasteiger partial charge is 0.494 e. The number of methoxy groups -OCH3 is 2. The number of imide groups is 1. The van der Waals surface area contributed by atoms with E-state index in [4.69, 9.17) is 19.0 Å². The van der Waals surface area contributed by atoms with E-state index in [1.165, 1.54) is 4.90 Å². The number of nitrogens with zero attached hydrogens (tertiary/aromatic N) is 2. The standard InChI is InChI=1S/C28H28N2O6/c1-4-16-35-21-13-11-19(12-14-21)29-27(31)24-25(18-10-15-22(33-2)23(17-18)34-3)30(36-26(24)28(29)32)20-8-6-5-7-9-20/h5-15,17,24-26H,4,16H2,1-3H3/t24-,25+,26-/m1/s1. The monoisotopic (exact) mass is 488 g/mol. The van der Waals surface area contributed by atoms with Crippen LogP contribution in [-0.4, -0.2) is 38.7 Å². The summed E-state index contributed by atoms with van der Waals surface area (Å²) in [6.45, 7) is 2.63. The number of fused-ring (bicyclic) bond motifs is 1. The van der Waals surface area contributed by atoms with Crippen LogP contribution in [0.4, 0.5) is 11.4 Å². The van der Waals surface area contributed by atoms with E-state index in [1.54, 1.807) is 49.6 Å². The molecule has 8 heteroatoms. The van der Waals surface area contributed by atoms with Crippen LogP contribution < -0.4 is 24.2 Å². The van der Waals surface area contributed by atoms with E-state index < -0.39 is 24.0 Å². The van der Waals surface area contributed by atoms with E-state index in [9.17, 15) is 9.59 Å². The molecule has 36 heavy (non-hydrogen) atoms. The highest BCUT2D eigenvalue weighted by molar-refractivity contribution is 6.23. The molecule has 0 saturated carbocycles. The zero-order valence-corrected chi connectivity index (χ0v) is 20.4. The topological polar surface area (TPSA) is 77.5 Å². The highest BCUT2D eigenvalue weighted by Gasteiger charge is 2.60. The molecule has 0 N–H and O–H groups in total. The Labute approximate surface area is 209 Å². The maximum atomic E-state index is 13.8. The van der Waals surface area contributed by atoms with Crippen molar-refractivity contribution in [1.29, 1.82) is 0 Å². The maximum Gasteiger partial charge on any atom is 0.266 e. The second-order valence-corrected chi connectivity index (χ2v) is 8.63. The number of hydroxylamine groups is 1. The Morgan fingerprint density at radius 1 is 0.833 bits per heavy atom. The number of amides is 2. The van der Waals surface area contributed by atoms with Crippen LogP contribution in [0.3, 0.4) is 0 Å².